The largest absolute Gasteiger partial charge is 0.416 e. The first kappa shape index (κ1) is 15.0. The van der Waals surface area contributed by atoms with E-state index in [2.05, 4.69) is 9.82 Å². The quantitative estimate of drug-likeness (QED) is 0.682. The highest BCUT2D eigenvalue weighted by atomic mass is 35.5. The number of aromatic nitrogens is 1. The molecule has 0 spiro atoms. The Bertz CT molecular complexity index is 533. The maximum Gasteiger partial charge on any atom is 0.416 e. The van der Waals surface area contributed by atoms with Crippen molar-refractivity contribution in [2.45, 2.75) is 13.1 Å². The molecule has 0 fully saturated rings. The SMILES string of the molecule is CCS(=O)(=O)NOc1cc(C(F)(F)F)cc(Cl)n1. The number of hydrogen-bond donors (Lipinski definition) is 1. The van der Waals surface area contributed by atoms with E-state index in [9.17, 15) is 21.6 Å². The minimum atomic E-state index is -4.63. The van der Waals surface area contributed by atoms with Crippen molar-refractivity contribution >= 4 is 21.6 Å². The van der Waals surface area contributed by atoms with Gasteiger partial charge in [0.1, 0.15) is 5.15 Å². The topological polar surface area (TPSA) is 68.3 Å². The van der Waals surface area contributed by atoms with Gasteiger partial charge in [-0.2, -0.15) is 18.2 Å². The fraction of sp³-hybridized carbons (Fsp3) is 0.375. The monoisotopic (exact) mass is 304 g/mol. The highest BCUT2D eigenvalue weighted by Gasteiger charge is 2.32. The molecular weight excluding hydrogens is 297 g/mol. The second-order valence-corrected chi connectivity index (χ2v) is 5.46. The molecule has 0 saturated heterocycles. The van der Waals surface area contributed by atoms with E-state index in [4.69, 9.17) is 11.6 Å². The van der Waals surface area contributed by atoms with Crippen molar-refractivity contribution in [1.82, 2.24) is 9.87 Å². The van der Waals surface area contributed by atoms with Crippen LogP contribution in [0.5, 0.6) is 5.88 Å². The Morgan fingerprint density at radius 2 is 2.06 bits per heavy atom. The molecule has 18 heavy (non-hydrogen) atoms. The van der Waals surface area contributed by atoms with Crippen molar-refractivity contribution in [1.29, 1.82) is 0 Å². The first-order valence-corrected chi connectivity index (χ1v) is 6.58. The van der Waals surface area contributed by atoms with Crippen molar-refractivity contribution in [2.24, 2.45) is 0 Å². The van der Waals surface area contributed by atoms with Crippen LogP contribution >= 0.6 is 11.6 Å². The predicted molar refractivity (Wildman–Crippen MR) is 57.5 cm³/mol. The summed E-state index contributed by atoms with van der Waals surface area (Å²) in [6, 6.07) is 1.13. The summed E-state index contributed by atoms with van der Waals surface area (Å²) < 4.78 is 59.3. The van der Waals surface area contributed by atoms with E-state index in [1.54, 1.807) is 4.89 Å². The maximum atomic E-state index is 12.4. The molecule has 0 aliphatic carbocycles. The van der Waals surface area contributed by atoms with Gasteiger partial charge < -0.3 is 4.84 Å². The van der Waals surface area contributed by atoms with Gasteiger partial charge in [0.2, 0.25) is 15.9 Å². The van der Waals surface area contributed by atoms with Crippen LogP contribution in [0, 0.1) is 0 Å². The Morgan fingerprint density at radius 3 is 2.56 bits per heavy atom. The lowest BCUT2D eigenvalue weighted by molar-refractivity contribution is -0.137. The van der Waals surface area contributed by atoms with E-state index in [1.807, 2.05) is 0 Å². The van der Waals surface area contributed by atoms with Crippen molar-refractivity contribution in [3.8, 4) is 5.88 Å². The Kier molecular flexibility index (Phi) is 4.41. The standard InChI is InChI=1S/C8H8ClF3N2O3S/c1-2-18(15,16)14-17-7-4-5(8(10,11)12)3-6(9)13-7/h3-4,14H,2H2,1H3. The Hall–Kier alpha value is -1.06. The minimum Gasteiger partial charge on any atom is -0.374 e. The normalized spacial score (nSPS) is 12.5. The minimum absolute atomic E-state index is 0.292. The molecule has 5 nitrogen and oxygen atoms in total. The molecule has 0 aliphatic rings. The lowest BCUT2D eigenvalue weighted by Gasteiger charge is -2.10. The van der Waals surface area contributed by atoms with Gasteiger partial charge in [-0.15, -0.1) is 0 Å². The first-order chi connectivity index (χ1) is 8.14. The molecule has 0 unspecified atom stereocenters. The Morgan fingerprint density at radius 1 is 1.44 bits per heavy atom. The van der Waals surface area contributed by atoms with Crippen LogP contribution in [-0.4, -0.2) is 19.2 Å². The van der Waals surface area contributed by atoms with E-state index in [1.165, 1.54) is 6.92 Å². The summed E-state index contributed by atoms with van der Waals surface area (Å²) in [6.45, 7) is 1.33. The van der Waals surface area contributed by atoms with Crippen LogP contribution in [0.15, 0.2) is 12.1 Å². The zero-order chi connectivity index (χ0) is 14.0. The molecule has 0 aliphatic heterocycles. The molecule has 0 aromatic carbocycles. The van der Waals surface area contributed by atoms with Crippen molar-refractivity contribution in [2.75, 3.05) is 5.75 Å². The summed E-state index contributed by atoms with van der Waals surface area (Å²) in [4.78, 5) is 9.46. The van der Waals surface area contributed by atoms with Gasteiger partial charge in [0.05, 0.1) is 11.3 Å². The lowest BCUT2D eigenvalue weighted by Crippen LogP contribution is -2.29. The van der Waals surface area contributed by atoms with Crippen LogP contribution in [-0.2, 0) is 16.2 Å². The van der Waals surface area contributed by atoms with Gasteiger partial charge in [-0.25, -0.2) is 8.42 Å². The van der Waals surface area contributed by atoms with Gasteiger partial charge in [-0.1, -0.05) is 11.6 Å². The van der Waals surface area contributed by atoms with Crippen LogP contribution in [0.3, 0.4) is 0 Å². The zero-order valence-electron chi connectivity index (χ0n) is 8.95. The molecule has 0 amide bonds. The molecule has 0 saturated carbocycles. The second kappa shape index (κ2) is 5.29. The summed E-state index contributed by atoms with van der Waals surface area (Å²) in [5.41, 5.74) is -1.09. The molecule has 1 heterocycles. The van der Waals surface area contributed by atoms with Crippen molar-refractivity contribution in [3.05, 3.63) is 22.8 Å². The van der Waals surface area contributed by atoms with Crippen LogP contribution in [0.1, 0.15) is 12.5 Å². The summed E-state index contributed by atoms with van der Waals surface area (Å²) in [7, 11) is -3.72. The number of hydrogen-bond acceptors (Lipinski definition) is 4. The lowest BCUT2D eigenvalue weighted by atomic mass is 10.2. The number of rotatable bonds is 4. The molecule has 0 radical (unpaired) electrons. The summed E-state index contributed by atoms with van der Waals surface area (Å²) >= 11 is 5.37. The summed E-state index contributed by atoms with van der Waals surface area (Å²) in [5, 5.41) is -0.462. The molecule has 1 rings (SSSR count). The van der Waals surface area contributed by atoms with Crippen molar-refractivity contribution in [3.63, 3.8) is 0 Å². The number of halogens is 4. The van der Waals surface area contributed by atoms with E-state index in [0.29, 0.717) is 12.1 Å². The van der Waals surface area contributed by atoms with Gasteiger partial charge in [-0.05, 0) is 17.9 Å². The average Bonchev–Trinajstić information content (AvgIpc) is 2.25. The second-order valence-electron chi connectivity index (χ2n) is 3.10. The van der Waals surface area contributed by atoms with Gasteiger partial charge in [0.25, 0.3) is 0 Å². The highest BCUT2D eigenvalue weighted by Crippen LogP contribution is 2.32. The fourth-order valence-electron chi connectivity index (χ4n) is 0.854. The third-order valence-electron chi connectivity index (χ3n) is 1.75. The molecular formula is C8H8ClF3N2O3S. The zero-order valence-corrected chi connectivity index (χ0v) is 10.5. The molecule has 1 aromatic rings. The summed E-state index contributed by atoms with van der Waals surface area (Å²) in [6.07, 6.45) is -4.63. The van der Waals surface area contributed by atoms with Crippen molar-refractivity contribution < 1.29 is 26.4 Å². The molecule has 0 bridgehead atoms. The average molecular weight is 305 g/mol. The van der Waals surface area contributed by atoms with Crippen LogP contribution < -0.4 is 9.72 Å². The number of alkyl halides is 3. The van der Waals surface area contributed by atoms with Gasteiger partial charge >= 0.3 is 6.18 Å². The fourth-order valence-corrected chi connectivity index (χ4v) is 1.38. The van der Waals surface area contributed by atoms with E-state index >= 15 is 0 Å². The van der Waals surface area contributed by atoms with Gasteiger partial charge in [0, 0.05) is 6.07 Å². The Labute approximate surface area is 106 Å². The third-order valence-corrected chi connectivity index (χ3v) is 3.04. The predicted octanol–water partition coefficient (Wildman–Crippen LogP) is 1.99. The van der Waals surface area contributed by atoms with E-state index in [-0.39, 0.29) is 5.75 Å². The van der Waals surface area contributed by atoms with Gasteiger partial charge in [-0.3, -0.25) is 0 Å². The number of nitrogens with one attached hydrogen (secondary N) is 1. The molecule has 10 heteroatoms. The van der Waals surface area contributed by atoms with E-state index < -0.39 is 32.8 Å². The molecule has 1 N–H and O–H groups in total. The van der Waals surface area contributed by atoms with Crippen LogP contribution in [0.4, 0.5) is 13.2 Å². The van der Waals surface area contributed by atoms with Crippen LogP contribution in [0.25, 0.3) is 0 Å². The third kappa shape index (κ3) is 4.31. The smallest absolute Gasteiger partial charge is 0.374 e. The number of pyridine rings is 1. The maximum absolute atomic E-state index is 12.4. The molecule has 0 atom stereocenters. The van der Waals surface area contributed by atoms with Crippen LogP contribution in [0.2, 0.25) is 5.15 Å². The highest BCUT2D eigenvalue weighted by molar-refractivity contribution is 7.89. The van der Waals surface area contributed by atoms with E-state index in [0.717, 1.165) is 0 Å². The number of sulfonamides is 1. The first-order valence-electron chi connectivity index (χ1n) is 4.55. The molecule has 1 aromatic heterocycles. The Balaban J connectivity index is 2.95. The van der Waals surface area contributed by atoms with Gasteiger partial charge in [0.15, 0.2) is 0 Å². The summed E-state index contributed by atoms with van der Waals surface area (Å²) in [5.74, 6) is -0.883. The molecule has 102 valence electrons. The number of nitrogens with zero attached hydrogens (tertiary/aromatic N) is 1.